The average Bonchev–Trinajstić information content (AvgIpc) is 2.46. The van der Waals surface area contributed by atoms with Crippen LogP contribution in [0.4, 0.5) is 5.69 Å². The van der Waals surface area contributed by atoms with Crippen molar-refractivity contribution in [3.05, 3.63) is 23.8 Å². The highest BCUT2D eigenvalue weighted by molar-refractivity contribution is 5.98. The van der Waals surface area contributed by atoms with Crippen LogP contribution in [0.1, 0.15) is 32.3 Å². The quantitative estimate of drug-likeness (QED) is 0.902. The zero-order valence-electron chi connectivity index (χ0n) is 12.8. The molecule has 0 radical (unpaired) electrons. The Hall–Kier alpha value is -2.04. The maximum atomic E-state index is 12.0. The lowest BCUT2D eigenvalue weighted by Gasteiger charge is -2.29. The van der Waals surface area contributed by atoms with Crippen molar-refractivity contribution >= 4 is 17.5 Å². The van der Waals surface area contributed by atoms with Crippen LogP contribution in [0.2, 0.25) is 0 Å². The molecule has 0 aliphatic carbocycles. The second kappa shape index (κ2) is 6.61. The van der Waals surface area contributed by atoms with Crippen molar-refractivity contribution in [2.45, 2.75) is 39.7 Å². The molecule has 2 rings (SSSR count). The molecule has 0 aromatic heterocycles. The molecular weight excluding hydrogens is 268 g/mol. The zero-order valence-corrected chi connectivity index (χ0v) is 12.8. The number of carbonyl (C=O) groups is 2. The summed E-state index contributed by atoms with van der Waals surface area (Å²) in [5, 5.41) is 2.91. The summed E-state index contributed by atoms with van der Waals surface area (Å²) >= 11 is 0. The molecular formula is C16H22N2O3. The van der Waals surface area contributed by atoms with E-state index >= 15 is 0 Å². The van der Waals surface area contributed by atoms with Gasteiger partial charge in [0.25, 0.3) is 5.91 Å². The third-order valence-electron chi connectivity index (χ3n) is 3.64. The number of carbonyl (C=O) groups excluding carboxylic acids is 2. The first-order valence-electron chi connectivity index (χ1n) is 7.34. The molecule has 0 bridgehead atoms. The number of anilines is 1. The molecule has 0 unspecified atom stereocenters. The molecule has 1 aliphatic heterocycles. The molecule has 114 valence electrons. The number of aryl methyl sites for hydroxylation is 1. The van der Waals surface area contributed by atoms with E-state index in [9.17, 15) is 9.59 Å². The highest BCUT2D eigenvalue weighted by Gasteiger charge is 2.25. The van der Waals surface area contributed by atoms with Gasteiger partial charge < -0.3 is 15.0 Å². The summed E-state index contributed by atoms with van der Waals surface area (Å²) in [7, 11) is 0. The number of rotatable bonds is 5. The molecule has 1 aromatic rings. The summed E-state index contributed by atoms with van der Waals surface area (Å²) in [4.78, 5) is 25.5. The van der Waals surface area contributed by atoms with Crippen molar-refractivity contribution in [2.24, 2.45) is 0 Å². The summed E-state index contributed by atoms with van der Waals surface area (Å²) in [6, 6.07) is 5.89. The highest BCUT2D eigenvalue weighted by Crippen LogP contribution is 2.32. The molecule has 5 nitrogen and oxygen atoms in total. The molecule has 1 aliphatic rings. The monoisotopic (exact) mass is 290 g/mol. The Kier molecular flexibility index (Phi) is 4.83. The SMILES string of the molecule is CC[C@H](C)NC(=O)CCN1C(=O)COc2ccc(C)cc21. The number of fused-ring (bicyclic) bond motifs is 1. The van der Waals surface area contributed by atoms with Gasteiger partial charge in [-0.15, -0.1) is 0 Å². The van der Waals surface area contributed by atoms with Gasteiger partial charge in [-0.2, -0.15) is 0 Å². The predicted molar refractivity (Wildman–Crippen MR) is 81.5 cm³/mol. The largest absolute Gasteiger partial charge is 0.482 e. The molecule has 21 heavy (non-hydrogen) atoms. The molecule has 1 heterocycles. The van der Waals surface area contributed by atoms with Gasteiger partial charge in [-0.05, 0) is 38.0 Å². The van der Waals surface area contributed by atoms with Crippen LogP contribution in [0.5, 0.6) is 5.75 Å². The van der Waals surface area contributed by atoms with Gasteiger partial charge in [-0.3, -0.25) is 9.59 Å². The number of nitrogens with zero attached hydrogens (tertiary/aromatic N) is 1. The Morgan fingerprint density at radius 1 is 1.48 bits per heavy atom. The predicted octanol–water partition coefficient (Wildman–Crippen LogP) is 2.03. The van der Waals surface area contributed by atoms with Gasteiger partial charge in [0.1, 0.15) is 5.75 Å². The van der Waals surface area contributed by atoms with Crippen LogP contribution in [0.25, 0.3) is 0 Å². The fraction of sp³-hybridized carbons (Fsp3) is 0.500. The first-order valence-corrected chi connectivity index (χ1v) is 7.34. The molecule has 0 fully saturated rings. The van der Waals surface area contributed by atoms with E-state index in [4.69, 9.17) is 4.74 Å². The van der Waals surface area contributed by atoms with Crippen LogP contribution in [-0.4, -0.2) is 31.0 Å². The van der Waals surface area contributed by atoms with Crippen molar-refractivity contribution in [3.8, 4) is 5.75 Å². The Labute approximate surface area is 125 Å². The van der Waals surface area contributed by atoms with Gasteiger partial charge in [-0.1, -0.05) is 13.0 Å². The first kappa shape index (κ1) is 15.4. The average molecular weight is 290 g/mol. The zero-order chi connectivity index (χ0) is 15.4. The molecule has 1 atom stereocenters. The minimum Gasteiger partial charge on any atom is -0.482 e. The summed E-state index contributed by atoms with van der Waals surface area (Å²) < 4.78 is 5.42. The smallest absolute Gasteiger partial charge is 0.265 e. The number of hydrogen-bond acceptors (Lipinski definition) is 3. The van der Waals surface area contributed by atoms with Crippen molar-refractivity contribution in [1.82, 2.24) is 5.32 Å². The summed E-state index contributed by atoms with van der Waals surface area (Å²) in [5.41, 5.74) is 1.81. The van der Waals surface area contributed by atoms with Gasteiger partial charge in [0, 0.05) is 19.0 Å². The van der Waals surface area contributed by atoms with Crippen molar-refractivity contribution in [1.29, 1.82) is 0 Å². The van der Waals surface area contributed by atoms with Gasteiger partial charge >= 0.3 is 0 Å². The Morgan fingerprint density at radius 2 is 2.24 bits per heavy atom. The minimum atomic E-state index is -0.107. The van der Waals surface area contributed by atoms with Gasteiger partial charge in [0.15, 0.2) is 6.61 Å². The van der Waals surface area contributed by atoms with Crippen LogP contribution >= 0.6 is 0 Å². The standard InChI is InChI=1S/C16H22N2O3/c1-4-12(3)17-15(19)7-8-18-13-9-11(2)5-6-14(13)21-10-16(18)20/h5-6,9,12H,4,7-8,10H2,1-3H3,(H,17,19)/t12-/m0/s1. The Bertz CT molecular complexity index is 542. The number of benzene rings is 1. The molecule has 1 aromatic carbocycles. The van der Waals surface area contributed by atoms with Crippen molar-refractivity contribution < 1.29 is 14.3 Å². The summed E-state index contributed by atoms with van der Waals surface area (Å²) in [5.74, 6) is 0.560. The van der Waals surface area contributed by atoms with Crippen LogP contribution < -0.4 is 15.0 Å². The Balaban J connectivity index is 2.04. The van der Waals surface area contributed by atoms with Crippen LogP contribution in [0.15, 0.2) is 18.2 Å². The van der Waals surface area contributed by atoms with E-state index < -0.39 is 0 Å². The Morgan fingerprint density at radius 3 is 2.95 bits per heavy atom. The lowest BCUT2D eigenvalue weighted by molar-refractivity contribution is -0.122. The van der Waals surface area contributed by atoms with Crippen LogP contribution in [0.3, 0.4) is 0 Å². The molecule has 1 N–H and O–H groups in total. The van der Waals surface area contributed by atoms with Gasteiger partial charge in [0.05, 0.1) is 5.69 Å². The van der Waals surface area contributed by atoms with E-state index in [2.05, 4.69) is 5.32 Å². The van der Waals surface area contributed by atoms with Crippen molar-refractivity contribution in [2.75, 3.05) is 18.1 Å². The van der Waals surface area contributed by atoms with Crippen LogP contribution in [-0.2, 0) is 9.59 Å². The highest BCUT2D eigenvalue weighted by atomic mass is 16.5. The fourth-order valence-corrected chi connectivity index (χ4v) is 2.22. The van der Waals surface area contributed by atoms with Gasteiger partial charge in [0.2, 0.25) is 5.91 Å². The minimum absolute atomic E-state index is 0.0298. The van der Waals surface area contributed by atoms with E-state index in [1.165, 1.54) is 0 Å². The summed E-state index contributed by atoms with van der Waals surface area (Å²) in [6.45, 7) is 6.36. The maximum absolute atomic E-state index is 12.0. The van der Waals surface area contributed by atoms with E-state index in [0.29, 0.717) is 18.7 Å². The van der Waals surface area contributed by atoms with Crippen LogP contribution in [0, 0.1) is 6.92 Å². The van der Waals surface area contributed by atoms with E-state index in [0.717, 1.165) is 17.7 Å². The molecule has 0 saturated heterocycles. The normalized spacial score (nSPS) is 15.2. The molecule has 2 amide bonds. The summed E-state index contributed by atoms with van der Waals surface area (Å²) in [6.07, 6.45) is 1.19. The molecule has 0 saturated carbocycles. The number of amides is 2. The second-order valence-electron chi connectivity index (χ2n) is 5.43. The number of hydrogen-bond donors (Lipinski definition) is 1. The third kappa shape index (κ3) is 3.74. The van der Waals surface area contributed by atoms with Crippen molar-refractivity contribution in [3.63, 3.8) is 0 Å². The lowest BCUT2D eigenvalue weighted by atomic mass is 10.1. The van der Waals surface area contributed by atoms with E-state index in [1.54, 1.807) is 4.90 Å². The van der Waals surface area contributed by atoms with E-state index in [1.807, 2.05) is 39.0 Å². The number of ether oxygens (including phenoxy) is 1. The fourth-order valence-electron chi connectivity index (χ4n) is 2.22. The first-order chi connectivity index (χ1) is 10.0. The number of nitrogens with one attached hydrogen (secondary N) is 1. The van der Waals surface area contributed by atoms with E-state index in [-0.39, 0.29) is 24.5 Å². The lowest BCUT2D eigenvalue weighted by Crippen LogP contribution is -2.42. The maximum Gasteiger partial charge on any atom is 0.265 e. The molecule has 5 heteroatoms. The van der Waals surface area contributed by atoms with Gasteiger partial charge in [-0.25, -0.2) is 0 Å². The second-order valence-corrected chi connectivity index (χ2v) is 5.43. The molecule has 0 spiro atoms. The topological polar surface area (TPSA) is 58.6 Å². The third-order valence-corrected chi connectivity index (χ3v) is 3.64.